The normalized spacial score (nSPS) is 19.5. The molecule has 2 aliphatic rings. The fourth-order valence-corrected chi connectivity index (χ4v) is 3.13. The van der Waals surface area contributed by atoms with Crippen LogP contribution in [0.2, 0.25) is 0 Å². The minimum atomic E-state index is 0. The predicted octanol–water partition coefficient (Wildman–Crippen LogP) is -0.831. The third-order valence-corrected chi connectivity index (χ3v) is 4.20. The van der Waals surface area contributed by atoms with Crippen LogP contribution in [0.4, 0.5) is 0 Å². The monoisotopic (exact) mass is 374 g/mol. The Hall–Kier alpha value is -1.05. The van der Waals surface area contributed by atoms with Crippen LogP contribution in [0.1, 0.15) is 34.1 Å². The number of hydrogen-bond acceptors (Lipinski definition) is 0. The average Bonchev–Trinajstić information content (AvgIpc) is 3.09. The van der Waals surface area contributed by atoms with E-state index in [0.717, 1.165) is 0 Å². The van der Waals surface area contributed by atoms with Gasteiger partial charge in [0, 0.05) is 11.8 Å². The number of fused-ring (bicyclic) bond motifs is 2. The maximum Gasteiger partial charge on any atom is 2.00 e. The van der Waals surface area contributed by atoms with E-state index in [1.54, 1.807) is 0 Å². The first kappa shape index (κ1) is 20.0. The van der Waals surface area contributed by atoms with Crippen molar-refractivity contribution in [3.8, 4) is 0 Å². The van der Waals surface area contributed by atoms with E-state index in [9.17, 15) is 0 Å². The molecule has 0 nitrogen and oxygen atoms in total. The minimum absolute atomic E-state index is 0. The molecule has 0 aromatic heterocycles. The van der Waals surface area contributed by atoms with E-state index >= 15 is 0 Å². The van der Waals surface area contributed by atoms with Gasteiger partial charge in [0.1, 0.15) is 0 Å². The van der Waals surface area contributed by atoms with Crippen LogP contribution in [0.5, 0.6) is 0 Å². The number of rotatable bonds is 2. The fourth-order valence-electron chi connectivity index (χ4n) is 3.13. The van der Waals surface area contributed by atoms with Gasteiger partial charge in [-0.05, 0) is 22.3 Å². The predicted molar refractivity (Wildman–Crippen MR) is 85.6 cm³/mol. The van der Waals surface area contributed by atoms with Crippen molar-refractivity contribution in [1.29, 1.82) is 0 Å². The zero-order valence-corrected chi connectivity index (χ0v) is 15.6. The first-order valence-corrected chi connectivity index (χ1v) is 7.14. The smallest absolute Gasteiger partial charge is 1.00 e. The van der Waals surface area contributed by atoms with E-state index in [1.807, 2.05) is 0 Å². The molecule has 0 heterocycles. The Morgan fingerprint density at radius 2 is 1.00 bits per heavy atom. The van der Waals surface area contributed by atoms with Crippen LogP contribution in [0.3, 0.4) is 0 Å². The van der Waals surface area contributed by atoms with Crippen molar-refractivity contribution in [3.63, 3.8) is 0 Å². The van der Waals surface area contributed by atoms with Crippen LogP contribution in [-0.2, 0) is 21.7 Å². The SMILES string of the molecule is C1=CC(C=CC2C=Cc3ccccc32)c2ccccc21.[Cl-].[Cl-].[Ti+2]. The van der Waals surface area contributed by atoms with Crippen molar-refractivity contribution >= 4 is 12.2 Å². The molecule has 4 rings (SSSR count). The van der Waals surface area contributed by atoms with Crippen LogP contribution >= 0.6 is 0 Å². The van der Waals surface area contributed by atoms with Gasteiger partial charge >= 0.3 is 21.7 Å². The van der Waals surface area contributed by atoms with E-state index in [1.165, 1.54) is 22.3 Å². The van der Waals surface area contributed by atoms with Crippen molar-refractivity contribution in [2.45, 2.75) is 11.8 Å². The Labute approximate surface area is 165 Å². The molecule has 2 aromatic carbocycles. The summed E-state index contributed by atoms with van der Waals surface area (Å²) in [5.74, 6) is 0.847. The molecular weight excluding hydrogens is 359 g/mol. The van der Waals surface area contributed by atoms with Gasteiger partial charge in [-0.15, -0.1) is 0 Å². The summed E-state index contributed by atoms with van der Waals surface area (Å²) in [7, 11) is 0. The van der Waals surface area contributed by atoms with Crippen molar-refractivity contribution in [2.75, 3.05) is 0 Å². The Balaban J connectivity index is 0.000000882. The molecule has 23 heavy (non-hydrogen) atoms. The number of allylic oxidation sites excluding steroid dienone is 4. The van der Waals surface area contributed by atoms with E-state index < -0.39 is 0 Å². The van der Waals surface area contributed by atoms with E-state index in [2.05, 4.69) is 85.0 Å². The topological polar surface area (TPSA) is 0 Å². The average molecular weight is 375 g/mol. The summed E-state index contributed by atoms with van der Waals surface area (Å²) >= 11 is 0. The summed E-state index contributed by atoms with van der Waals surface area (Å²) in [4.78, 5) is 0. The molecule has 0 bridgehead atoms. The molecular formula is C20H16Cl2Ti. The Morgan fingerprint density at radius 3 is 1.43 bits per heavy atom. The standard InChI is InChI=1S/C20H16.2ClH.Ti/c1-3-7-19-15(5-1)9-11-17(19)13-14-18-12-10-16-6-2-4-8-20(16)18;;;/h1-14,17-18H;2*1H;/q;;;+2/p-2. The molecule has 3 heteroatoms. The van der Waals surface area contributed by atoms with E-state index in [-0.39, 0.29) is 46.5 Å². The molecule has 0 amide bonds. The maximum absolute atomic E-state index is 2.33. The third kappa shape index (κ3) is 3.90. The van der Waals surface area contributed by atoms with Crippen molar-refractivity contribution in [2.24, 2.45) is 0 Å². The molecule has 114 valence electrons. The molecule has 2 aromatic rings. The molecule has 2 unspecified atom stereocenters. The Kier molecular flexibility index (Phi) is 7.57. The summed E-state index contributed by atoms with van der Waals surface area (Å²) in [5, 5.41) is 0. The van der Waals surface area contributed by atoms with Crippen LogP contribution in [0.15, 0.2) is 72.8 Å². The number of halogens is 2. The van der Waals surface area contributed by atoms with Gasteiger partial charge in [0.15, 0.2) is 0 Å². The molecule has 0 fully saturated rings. The number of hydrogen-bond donors (Lipinski definition) is 0. The second-order valence-electron chi connectivity index (χ2n) is 5.41. The number of benzene rings is 2. The summed E-state index contributed by atoms with van der Waals surface area (Å²) < 4.78 is 0. The molecule has 0 saturated carbocycles. The van der Waals surface area contributed by atoms with Gasteiger partial charge in [0.25, 0.3) is 0 Å². The van der Waals surface area contributed by atoms with Gasteiger partial charge in [0.2, 0.25) is 0 Å². The molecule has 2 aliphatic carbocycles. The largest absolute Gasteiger partial charge is 2.00 e. The summed E-state index contributed by atoms with van der Waals surface area (Å²) in [6.45, 7) is 0. The summed E-state index contributed by atoms with van der Waals surface area (Å²) in [6.07, 6.45) is 13.7. The van der Waals surface area contributed by atoms with E-state index in [0.29, 0.717) is 11.8 Å². The summed E-state index contributed by atoms with van der Waals surface area (Å²) in [5.41, 5.74) is 5.53. The minimum Gasteiger partial charge on any atom is -1.00 e. The fraction of sp³-hybridized carbons (Fsp3) is 0.100. The van der Waals surface area contributed by atoms with Crippen LogP contribution in [-0.4, -0.2) is 0 Å². The van der Waals surface area contributed by atoms with E-state index in [4.69, 9.17) is 0 Å². The molecule has 0 saturated heterocycles. The molecule has 0 N–H and O–H groups in total. The molecule has 0 radical (unpaired) electrons. The van der Waals surface area contributed by atoms with Crippen LogP contribution < -0.4 is 24.8 Å². The summed E-state index contributed by atoms with van der Waals surface area (Å²) in [6, 6.07) is 17.3. The van der Waals surface area contributed by atoms with Crippen molar-refractivity contribution < 1.29 is 46.5 Å². The van der Waals surface area contributed by atoms with Crippen molar-refractivity contribution in [3.05, 3.63) is 95.1 Å². The van der Waals surface area contributed by atoms with Gasteiger partial charge in [-0.2, -0.15) is 0 Å². The van der Waals surface area contributed by atoms with Crippen LogP contribution in [0.25, 0.3) is 12.2 Å². The zero-order chi connectivity index (χ0) is 13.4. The maximum atomic E-state index is 2.33. The van der Waals surface area contributed by atoms with Gasteiger partial charge < -0.3 is 24.8 Å². The first-order chi connectivity index (χ1) is 9.92. The second-order valence-corrected chi connectivity index (χ2v) is 5.41. The quantitative estimate of drug-likeness (QED) is 0.475. The second kappa shape index (κ2) is 8.71. The molecule has 0 spiro atoms. The van der Waals surface area contributed by atoms with Gasteiger partial charge in [-0.25, -0.2) is 0 Å². The van der Waals surface area contributed by atoms with Gasteiger partial charge in [0.05, 0.1) is 0 Å². The Morgan fingerprint density at radius 1 is 0.609 bits per heavy atom. The zero-order valence-electron chi connectivity index (χ0n) is 12.5. The third-order valence-electron chi connectivity index (χ3n) is 4.20. The Bertz CT molecular complexity index is 683. The van der Waals surface area contributed by atoms with Crippen LogP contribution in [0, 0.1) is 0 Å². The van der Waals surface area contributed by atoms with Gasteiger partial charge in [-0.3, -0.25) is 0 Å². The van der Waals surface area contributed by atoms with Gasteiger partial charge in [-0.1, -0.05) is 85.0 Å². The van der Waals surface area contributed by atoms with Crippen molar-refractivity contribution in [1.82, 2.24) is 0 Å². The molecule has 0 aliphatic heterocycles. The first-order valence-electron chi connectivity index (χ1n) is 7.14. The molecule has 2 atom stereocenters.